The molecule has 0 aliphatic carbocycles. The molecule has 0 unspecified atom stereocenters. The lowest BCUT2D eigenvalue weighted by atomic mass is 10.3. The Morgan fingerprint density at radius 3 is 2.71 bits per heavy atom. The summed E-state index contributed by atoms with van der Waals surface area (Å²) in [6.07, 6.45) is 0.788. The van der Waals surface area contributed by atoms with E-state index in [0.717, 1.165) is 12.1 Å². The van der Waals surface area contributed by atoms with E-state index in [1.54, 1.807) is 13.0 Å². The lowest BCUT2D eigenvalue weighted by Gasteiger charge is -2.03. The first-order valence-electron chi connectivity index (χ1n) is 4.39. The van der Waals surface area contributed by atoms with Crippen LogP contribution in [0.2, 0.25) is 0 Å². The van der Waals surface area contributed by atoms with E-state index in [4.69, 9.17) is 0 Å². The molecule has 0 saturated heterocycles. The third-order valence-corrected chi connectivity index (χ3v) is 2.73. The number of aromatic nitrogens is 2. The second-order valence-electron chi connectivity index (χ2n) is 2.74. The number of aromatic amines is 1. The van der Waals surface area contributed by atoms with Crippen LogP contribution in [0, 0.1) is 0 Å². The summed E-state index contributed by atoms with van der Waals surface area (Å²) in [5, 5.41) is 6.51. The van der Waals surface area contributed by atoms with Gasteiger partial charge in [-0.3, -0.25) is 9.82 Å². The Morgan fingerprint density at radius 1 is 1.50 bits per heavy atom. The second kappa shape index (κ2) is 4.43. The molecule has 0 bridgehead atoms. The van der Waals surface area contributed by atoms with Crippen molar-refractivity contribution < 1.29 is 8.42 Å². The van der Waals surface area contributed by atoms with Gasteiger partial charge in [-0.2, -0.15) is 18.2 Å². The van der Waals surface area contributed by atoms with E-state index >= 15 is 0 Å². The zero-order valence-electron chi connectivity index (χ0n) is 8.16. The van der Waals surface area contributed by atoms with Crippen molar-refractivity contribution in [2.45, 2.75) is 20.3 Å². The van der Waals surface area contributed by atoms with Crippen molar-refractivity contribution in [3.05, 3.63) is 11.8 Å². The van der Waals surface area contributed by atoms with Gasteiger partial charge in [-0.05, 0) is 6.42 Å². The lowest BCUT2D eigenvalue weighted by Crippen LogP contribution is -2.29. The minimum atomic E-state index is -3.46. The van der Waals surface area contributed by atoms with E-state index in [9.17, 15) is 8.42 Å². The van der Waals surface area contributed by atoms with Gasteiger partial charge >= 0.3 is 0 Å². The molecule has 0 saturated carbocycles. The molecule has 0 aliphatic rings. The first kappa shape index (κ1) is 11.0. The summed E-state index contributed by atoms with van der Waals surface area (Å²) in [5.41, 5.74) is 0.888. The van der Waals surface area contributed by atoms with Crippen LogP contribution in [0.1, 0.15) is 19.5 Å². The first-order chi connectivity index (χ1) is 6.57. The van der Waals surface area contributed by atoms with Crippen LogP contribution < -0.4 is 9.44 Å². The van der Waals surface area contributed by atoms with E-state index in [1.165, 1.54) is 0 Å². The molecule has 0 spiro atoms. The summed E-state index contributed by atoms with van der Waals surface area (Å²) in [5.74, 6) is 0.308. The number of nitrogens with zero attached hydrogens (tertiary/aromatic N) is 1. The van der Waals surface area contributed by atoms with Gasteiger partial charge in [0.1, 0.15) is 0 Å². The number of hydrogen-bond donors (Lipinski definition) is 3. The highest BCUT2D eigenvalue weighted by Crippen LogP contribution is 2.06. The summed E-state index contributed by atoms with van der Waals surface area (Å²) < 4.78 is 27.0. The van der Waals surface area contributed by atoms with Crippen molar-refractivity contribution in [3.63, 3.8) is 0 Å². The van der Waals surface area contributed by atoms with Crippen molar-refractivity contribution in [3.8, 4) is 0 Å². The predicted octanol–water partition coefficient (Wildman–Crippen LogP) is 0.238. The fourth-order valence-electron chi connectivity index (χ4n) is 0.959. The Morgan fingerprint density at radius 2 is 2.21 bits per heavy atom. The average Bonchev–Trinajstić information content (AvgIpc) is 2.51. The van der Waals surface area contributed by atoms with Crippen molar-refractivity contribution in [1.29, 1.82) is 0 Å². The Bertz CT molecular complexity index is 384. The minimum Gasteiger partial charge on any atom is -0.280 e. The van der Waals surface area contributed by atoms with E-state index in [2.05, 4.69) is 19.6 Å². The van der Waals surface area contributed by atoms with Crippen molar-refractivity contribution in [1.82, 2.24) is 14.9 Å². The van der Waals surface area contributed by atoms with Gasteiger partial charge in [0, 0.05) is 18.3 Å². The molecule has 0 aliphatic heterocycles. The van der Waals surface area contributed by atoms with Crippen LogP contribution in [0.3, 0.4) is 0 Å². The maximum absolute atomic E-state index is 11.2. The average molecular weight is 218 g/mol. The molecule has 6 nitrogen and oxygen atoms in total. The Balaban J connectivity index is 2.69. The Kier molecular flexibility index (Phi) is 3.48. The number of nitrogens with one attached hydrogen (secondary N) is 3. The van der Waals surface area contributed by atoms with Gasteiger partial charge in [-0.15, -0.1) is 0 Å². The summed E-state index contributed by atoms with van der Waals surface area (Å²) >= 11 is 0. The molecule has 3 N–H and O–H groups in total. The monoisotopic (exact) mass is 218 g/mol. The first-order valence-corrected chi connectivity index (χ1v) is 5.87. The molecule has 0 fully saturated rings. The number of H-pyrrole nitrogens is 1. The van der Waals surface area contributed by atoms with Crippen LogP contribution in [-0.2, 0) is 16.6 Å². The maximum Gasteiger partial charge on any atom is 0.300 e. The molecular formula is C7H14N4O2S. The van der Waals surface area contributed by atoms with Gasteiger partial charge in [0.2, 0.25) is 0 Å². The van der Waals surface area contributed by atoms with E-state index in [0.29, 0.717) is 12.4 Å². The molecule has 0 aromatic carbocycles. The van der Waals surface area contributed by atoms with Gasteiger partial charge in [-0.1, -0.05) is 13.8 Å². The van der Waals surface area contributed by atoms with Crippen LogP contribution in [0.15, 0.2) is 6.07 Å². The topological polar surface area (TPSA) is 86.9 Å². The lowest BCUT2D eigenvalue weighted by molar-refractivity contribution is 0.589. The summed E-state index contributed by atoms with van der Waals surface area (Å²) in [7, 11) is -3.46. The summed E-state index contributed by atoms with van der Waals surface area (Å²) in [4.78, 5) is 0. The van der Waals surface area contributed by atoms with Crippen LogP contribution >= 0.6 is 0 Å². The molecule has 7 heteroatoms. The van der Waals surface area contributed by atoms with Gasteiger partial charge in [0.15, 0.2) is 5.82 Å². The standard InChI is InChI=1S/C7H14N4O2S/c1-3-6-5-7(10-9-6)11-14(12,13)8-4-2/h5,8H,3-4H2,1-2H3,(H2,9,10,11). The minimum absolute atomic E-state index is 0.308. The van der Waals surface area contributed by atoms with Crippen LogP contribution in [0.25, 0.3) is 0 Å². The number of hydrogen-bond acceptors (Lipinski definition) is 3. The van der Waals surface area contributed by atoms with Gasteiger partial charge < -0.3 is 0 Å². The normalized spacial score (nSPS) is 11.6. The molecule has 1 aromatic rings. The third-order valence-electron chi connectivity index (χ3n) is 1.59. The zero-order valence-corrected chi connectivity index (χ0v) is 8.98. The summed E-state index contributed by atoms with van der Waals surface area (Å²) in [6, 6.07) is 1.66. The molecule has 14 heavy (non-hydrogen) atoms. The largest absolute Gasteiger partial charge is 0.300 e. The van der Waals surface area contributed by atoms with Crippen LogP contribution in [0.5, 0.6) is 0 Å². The quantitative estimate of drug-likeness (QED) is 0.661. The van der Waals surface area contributed by atoms with Gasteiger partial charge in [-0.25, -0.2) is 0 Å². The van der Waals surface area contributed by atoms with Crippen LogP contribution in [-0.4, -0.2) is 25.2 Å². The Hall–Kier alpha value is -1.08. The number of aryl methyl sites for hydroxylation is 1. The molecule has 0 radical (unpaired) electrons. The zero-order chi connectivity index (χ0) is 10.6. The molecule has 0 atom stereocenters. The molecule has 80 valence electrons. The number of anilines is 1. The van der Waals surface area contributed by atoms with Crippen molar-refractivity contribution >= 4 is 16.0 Å². The highest BCUT2D eigenvalue weighted by molar-refractivity contribution is 7.90. The fourth-order valence-corrected chi connectivity index (χ4v) is 1.79. The highest BCUT2D eigenvalue weighted by atomic mass is 32.2. The SMILES string of the molecule is CCNS(=O)(=O)Nc1cc(CC)[nH]n1. The molecule has 1 rings (SSSR count). The van der Waals surface area contributed by atoms with Gasteiger partial charge in [0.25, 0.3) is 10.2 Å². The number of rotatable bonds is 5. The third kappa shape index (κ3) is 3.00. The second-order valence-corrected chi connectivity index (χ2v) is 4.24. The van der Waals surface area contributed by atoms with Crippen molar-refractivity contribution in [2.75, 3.05) is 11.3 Å². The van der Waals surface area contributed by atoms with Crippen LogP contribution in [0.4, 0.5) is 5.82 Å². The predicted molar refractivity (Wildman–Crippen MR) is 54.2 cm³/mol. The fraction of sp³-hybridized carbons (Fsp3) is 0.571. The summed E-state index contributed by atoms with van der Waals surface area (Å²) in [6.45, 7) is 4.01. The molecule has 1 heterocycles. The molecule has 0 amide bonds. The molecule has 1 aromatic heterocycles. The Labute approximate surface area is 83.3 Å². The van der Waals surface area contributed by atoms with E-state index in [-0.39, 0.29) is 0 Å². The smallest absolute Gasteiger partial charge is 0.280 e. The maximum atomic E-state index is 11.2. The van der Waals surface area contributed by atoms with E-state index in [1.807, 2.05) is 6.92 Å². The highest BCUT2D eigenvalue weighted by Gasteiger charge is 2.09. The molecular weight excluding hydrogens is 204 g/mol. The van der Waals surface area contributed by atoms with E-state index < -0.39 is 10.2 Å². The van der Waals surface area contributed by atoms with Crippen molar-refractivity contribution in [2.24, 2.45) is 0 Å². The van der Waals surface area contributed by atoms with Gasteiger partial charge in [0.05, 0.1) is 0 Å².